The van der Waals surface area contributed by atoms with Gasteiger partial charge in [-0.2, -0.15) is 0 Å². The molecule has 0 fully saturated rings. The third-order valence-corrected chi connectivity index (χ3v) is 4.87. The number of hydrogen-bond acceptors (Lipinski definition) is 5. The number of pyridine rings is 1. The molecule has 0 saturated heterocycles. The van der Waals surface area contributed by atoms with E-state index in [1.54, 1.807) is 7.11 Å². The number of ether oxygens (including phenoxy) is 1. The van der Waals surface area contributed by atoms with Crippen LogP contribution in [0.4, 0.5) is 5.82 Å². The Balaban J connectivity index is 1.44. The maximum absolute atomic E-state index is 12.9. The Labute approximate surface area is 170 Å². The van der Waals surface area contributed by atoms with Crippen LogP contribution in [0.5, 0.6) is 5.75 Å². The zero-order chi connectivity index (χ0) is 20.1. The van der Waals surface area contributed by atoms with Gasteiger partial charge in [0.15, 0.2) is 0 Å². The normalized spacial score (nSPS) is 13.1. The van der Waals surface area contributed by atoms with Gasteiger partial charge in [0.05, 0.1) is 13.7 Å². The molecule has 0 spiro atoms. The minimum absolute atomic E-state index is 0.205. The molecular formula is C23H23N3O3. The molecule has 1 amide bonds. The number of nitrogens with one attached hydrogen (secondary N) is 1. The van der Waals surface area contributed by atoms with Crippen molar-refractivity contribution < 1.29 is 14.4 Å². The molecule has 0 radical (unpaired) electrons. The lowest BCUT2D eigenvalue weighted by atomic mass is 10.1. The van der Waals surface area contributed by atoms with Crippen molar-refractivity contribution in [2.75, 3.05) is 19.0 Å². The number of amides is 1. The van der Waals surface area contributed by atoms with Crippen LogP contribution >= 0.6 is 0 Å². The van der Waals surface area contributed by atoms with Gasteiger partial charge < -0.3 is 10.1 Å². The molecule has 1 aliphatic rings. The number of anilines is 1. The van der Waals surface area contributed by atoms with Crippen LogP contribution in [0.15, 0.2) is 66.7 Å². The maximum Gasteiger partial charge on any atom is 0.296 e. The number of carbonyl (C=O) groups excluding carboxylic acids is 1. The van der Waals surface area contributed by atoms with E-state index in [1.165, 1.54) is 5.06 Å². The fourth-order valence-electron chi connectivity index (χ4n) is 3.30. The molecule has 0 unspecified atom stereocenters. The molecule has 1 aromatic heterocycles. The van der Waals surface area contributed by atoms with Crippen LogP contribution in [0.25, 0.3) is 0 Å². The second-order valence-electron chi connectivity index (χ2n) is 6.79. The number of fused-ring (bicyclic) bond motifs is 1. The molecule has 2 aromatic carbocycles. The van der Waals surface area contributed by atoms with Gasteiger partial charge in [-0.15, -0.1) is 0 Å². The first-order valence-corrected chi connectivity index (χ1v) is 9.59. The van der Waals surface area contributed by atoms with E-state index in [0.717, 1.165) is 28.9 Å². The van der Waals surface area contributed by atoms with Gasteiger partial charge in [0, 0.05) is 12.1 Å². The van der Waals surface area contributed by atoms with E-state index in [0.29, 0.717) is 31.2 Å². The molecule has 29 heavy (non-hydrogen) atoms. The van der Waals surface area contributed by atoms with E-state index >= 15 is 0 Å². The molecule has 6 nitrogen and oxygen atoms in total. The molecule has 0 aliphatic carbocycles. The molecule has 6 heteroatoms. The lowest BCUT2D eigenvalue weighted by molar-refractivity contribution is -0.135. The summed E-state index contributed by atoms with van der Waals surface area (Å²) in [7, 11) is 1.65. The SMILES string of the molecule is COc1ccccc1CNc1ccc2c(n1)C(=O)N(OCc1ccccc1)CC2. The summed E-state index contributed by atoms with van der Waals surface area (Å²) in [5, 5.41) is 4.69. The summed E-state index contributed by atoms with van der Waals surface area (Å²) in [5.74, 6) is 1.26. The summed E-state index contributed by atoms with van der Waals surface area (Å²) in [6.07, 6.45) is 0.718. The predicted octanol–water partition coefficient (Wildman–Crippen LogP) is 3.83. The van der Waals surface area contributed by atoms with Crippen LogP contribution in [0.2, 0.25) is 0 Å². The van der Waals surface area contributed by atoms with Gasteiger partial charge in [-0.05, 0) is 29.7 Å². The monoisotopic (exact) mass is 389 g/mol. The van der Waals surface area contributed by atoms with E-state index in [1.807, 2.05) is 66.7 Å². The second kappa shape index (κ2) is 8.75. The third kappa shape index (κ3) is 4.38. The maximum atomic E-state index is 12.9. The molecule has 0 bridgehead atoms. The standard InChI is InChI=1S/C23H23N3O3/c1-28-20-10-6-5-9-19(20)15-24-21-12-11-18-13-14-26(23(27)22(18)25-21)29-16-17-7-3-2-4-8-17/h2-12H,13-16H2,1H3,(H,24,25). The number of methoxy groups -OCH3 is 1. The minimum atomic E-state index is -0.205. The Kier molecular flexibility index (Phi) is 5.72. The van der Waals surface area contributed by atoms with Crippen molar-refractivity contribution in [3.05, 3.63) is 89.1 Å². The average Bonchev–Trinajstić information content (AvgIpc) is 2.78. The van der Waals surface area contributed by atoms with Gasteiger partial charge >= 0.3 is 0 Å². The molecule has 1 N–H and O–H groups in total. The third-order valence-electron chi connectivity index (χ3n) is 4.87. The predicted molar refractivity (Wildman–Crippen MR) is 111 cm³/mol. The Morgan fingerprint density at radius 1 is 1.03 bits per heavy atom. The number of para-hydroxylation sites is 1. The lowest BCUT2D eigenvalue weighted by Crippen LogP contribution is -2.38. The fourth-order valence-corrected chi connectivity index (χ4v) is 3.30. The smallest absolute Gasteiger partial charge is 0.296 e. The van der Waals surface area contributed by atoms with Crippen molar-refractivity contribution in [3.8, 4) is 5.75 Å². The van der Waals surface area contributed by atoms with E-state index < -0.39 is 0 Å². The molecule has 0 atom stereocenters. The van der Waals surface area contributed by atoms with Crippen molar-refractivity contribution in [2.24, 2.45) is 0 Å². The Morgan fingerprint density at radius 3 is 2.66 bits per heavy atom. The largest absolute Gasteiger partial charge is 0.496 e. The average molecular weight is 389 g/mol. The first-order chi connectivity index (χ1) is 14.2. The molecule has 1 aliphatic heterocycles. The number of hydrogen-bond donors (Lipinski definition) is 1. The summed E-state index contributed by atoms with van der Waals surface area (Å²) < 4.78 is 5.38. The highest BCUT2D eigenvalue weighted by molar-refractivity contribution is 5.94. The second-order valence-corrected chi connectivity index (χ2v) is 6.79. The van der Waals surface area contributed by atoms with E-state index in [4.69, 9.17) is 9.57 Å². The Hall–Kier alpha value is -3.38. The number of rotatable bonds is 7. The Morgan fingerprint density at radius 2 is 1.83 bits per heavy atom. The van der Waals surface area contributed by atoms with Gasteiger partial charge in [0.1, 0.15) is 23.9 Å². The van der Waals surface area contributed by atoms with E-state index in [2.05, 4.69) is 10.3 Å². The number of benzene rings is 2. The van der Waals surface area contributed by atoms with Gasteiger partial charge in [-0.25, -0.2) is 10.0 Å². The van der Waals surface area contributed by atoms with Gasteiger partial charge in [0.25, 0.3) is 5.91 Å². The molecule has 3 aromatic rings. The highest BCUT2D eigenvalue weighted by atomic mass is 16.7. The van der Waals surface area contributed by atoms with Crippen molar-refractivity contribution >= 4 is 11.7 Å². The van der Waals surface area contributed by atoms with Crippen LogP contribution < -0.4 is 10.1 Å². The first-order valence-electron chi connectivity index (χ1n) is 9.59. The minimum Gasteiger partial charge on any atom is -0.496 e. The fraction of sp³-hybridized carbons (Fsp3) is 0.217. The van der Waals surface area contributed by atoms with Crippen LogP contribution in [0.1, 0.15) is 27.2 Å². The van der Waals surface area contributed by atoms with Crippen molar-refractivity contribution in [1.82, 2.24) is 10.0 Å². The summed E-state index contributed by atoms with van der Waals surface area (Å²) in [6.45, 7) is 1.43. The quantitative estimate of drug-likeness (QED) is 0.665. The summed E-state index contributed by atoms with van der Waals surface area (Å²) >= 11 is 0. The number of hydroxylamine groups is 2. The van der Waals surface area contributed by atoms with Crippen LogP contribution in [-0.4, -0.2) is 29.6 Å². The summed E-state index contributed by atoms with van der Waals surface area (Å²) in [5.41, 5.74) is 3.42. The van der Waals surface area contributed by atoms with Crippen molar-refractivity contribution in [3.63, 3.8) is 0 Å². The molecular weight excluding hydrogens is 366 g/mol. The van der Waals surface area contributed by atoms with Crippen LogP contribution in [-0.2, 0) is 24.4 Å². The molecule has 0 saturated carbocycles. The van der Waals surface area contributed by atoms with Crippen LogP contribution in [0, 0.1) is 0 Å². The highest BCUT2D eigenvalue weighted by Gasteiger charge is 2.27. The Bertz CT molecular complexity index is 992. The number of nitrogens with zero attached hydrogens (tertiary/aromatic N) is 2. The first kappa shape index (κ1) is 19.0. The van der Waals surface area contributed by atoms with Crippen LogP contribution in [0.3, 0.4) is 0 Å². The van der Waals surface area contributed by atoms with Gasteiger partial charge in [0.2, 0.25) is 0 Å². The summed E-state index contributed by atoms with van der Waals surface area (Å²) in [4.78, 5) is 23.1. The molecule has 148 valence electrons. The molecule has 4 rings (SSSR count). The highest BCUT2D eigenvalue weighted by Crippen LogP contribution is 2.22. The lowest BCUT2D eigenvalue weighted by Gasteiger charge is -2.27. The van der Waals surface area contributed by atoms with E-state index in [9.17, 15) is 4.79 Å². The van der Waals surface area contributed by atoms with Crippen molar-refractivity contribution in [2.45, 2.75) is 19.6 Å². The van der Waals surface area contributed by atoms with Gasteiger partial charge in [-0.1, -0.05) is 54.6 Å². The molecule has 2 heterocycles. The number of carbonyl (C=O) groups is 1. The zero-order valence-electron chi connectivity index (χ0n) is 16.3. The number of aromatic nitrogens is 1. The zero-order valence-corrected chi connectivity index (χ0v) is 16.3. The van der Waals surface area contributed by atoms with Gasteiger partial charge in [-0.3, -0.25) is 9.63 Å². The van der Waals surface area contributed by atoms with E-state index in [-0.39, 0.29) is 5.91 Å². The topological polar surface area (TPSA) is 63.7 Å². The van der Waals surface area contributed by atoms with Crippen molar-refractivity contribution in [1.29, 1.82) is 0 Å². The summed E-state index contributed by atoms with van der Waals surface area (Å²) in [6, 6.07) is 21.5.